The van der Waals surface area contributed by atoms with Gasteiger partial charge in [0.25, 0.3) is 0 Å². The smallest absolute Gasteiger partial charge is 0.191 e. The molecule has 0 unspecified atom stereocenters. The molecule has 2 heterocycles. The molecule has 0 bridgehead atoms. The van der Waals surface area contributed by atoms with Crippen LogP contribution in [0.3, 0.4) is 0 Å². The minimum atomic E-state index is -0.855. The summed E-state index contributed by atoms with van der Waals surface area (Å²) in [5.74, 6) is -0.752. The lowest BCUT2D eigenvalue weighted by Gasteiger charge is -2.13. The molecule has 0 radical (unpaired) electrons. The zero-order chi connectivity index (χ0) is 24.9. The van der Waals surface area contributed by atoms with Gasteiger partial charge in [0, 0.05) is 48.1 Å². The van der Waals surface area contributed by atoms with Gasteiger partial charge >= 0.3 is 0 Å². The Morgan fingerprint density at radius 1 is 0.917 bits per heavy atom. The predicted octanol–water partition coefficient (Wildman–Crippen LogP) is 6.77. The number of pyridine rings is 1. The van der Waals surface area contributed by atoms with Gasteiger partial charge in [-0.15, -0.1) is 10.2 Å². The largest absolute Gasteiger partial charge is 0.385 e. The fourth-order valence-corrected chi connectivity index (χ4v) is 5.02. The second kappa shape index (κ2) is 11.0. The van der Waals surface area contributed by atoms with Crippen molar-refractivity contribution in [2.45, 2.75) is 23.9 Å². The summed E-state index contributed by atoms with van der Waals surface area (Å²) < 4.78 is 35.2. The van der Waals surface area contributed by atoms with E-state index < -0.39 is 11.6 Å². The summed E-state index contributed by atoms with van der Waals surface area (Å²) >= 11 is 1.33. The molecule has 5 aromatic rings. The molecule has 5 nitrogen and oxygen atoms in total. The molecule has 0 spiro atoms. The number of fused-ring (bicyclic) bond motifs is 1. The molecular formula is C28H24F2N4OS. The maximum absolute atomic E-state index is 14.2. The van der Waals surface area contributed by atoms with Crippen LogP contribution < -0.4 is 0 Å². The number of hydrogen-bond acceptors (Lipinski definition) is 5. The van der Waals surface area contributed by atoms with Crippen molar-refractivity contribution >= 4 is 22.7 Å². The molecule has 0 aliphatic carbocycles. The summed E-state index contributed by atoms with van der Waals surface area (Å²) in [5.41, 5.74) is 3.90. The molecule has 0 N–H and O–H groups in total. The molecule has 3 aromatic carbocycles. The van der Waals surface area contributed by atoms with Crippen LogP contribution in [-0.2, 0) is 17.0 Å². The fraction of sp³-hybridized carbons (Fsp3) is 0.179. The van der Waals surface area contributed by atoms with Gasteiger partial charge in [-0.25, -0.2) is 13.8 Å². The Balaban J connectivity index is 1.58. The highest BCUT2D eigenvalue weighted by atomic mass is 32.2. The van der Waals surface area contributed by atoms with Gasteiger partial charge in [0.1, 0.15) is 0 Å². The summed E-state index contributed by atoms with van der Waals surface area (Å²) in [6.07, 6.45) is 0.748. The molecule has 0 fully saturated rings. The number of thioether (sulfide) groups is 1. The third-order valence-corrected chi connectivity index (χ3v) is 6.88. The van der Waals surface area contributed by atoms with E-state index in [-0.39, 0.29) is 11.3 Å². The van der Waals surface area contributed by atoms with Crippen molar-refractivity contribution in [1.82, 2.24) is 19.7 Å². The van der Waals surface area contributed by atoms with Crippen LogP contribution in [0.1, 0.15) is 12.0 Å². The van der Waals surface area contributed by atoms with E-state index in [9.17, 15) is 8.78 Å². The Labute approximate surface area is 212 Å². The molecule has 0 saturated carbocycles. The molecule has 36 heavy (non-hydrogen) atoms. The Morgan fingerprint density at radius 2 is 1.72 bits per heavy atom. The second-order valence-corrected chi connectivity index (χ2v) is 9.19. The first kappa shape index (κ1) is 24.1. The third-order valence-electron chi connectivity index (χ3n) is 5.86. The van der Waals surface area contributed by atoms with Crippen LogP contribution in [0.25, 0.3) is 33.5 Å². The number of halogens is 2. The molecule has 0 atom stereocenters. The highest BCUT2D eigenvalue weighted by Gasteiger charge is 2.19. The predicted molar refractivity (Wildman–Crippen MR) is 139 cm³/mol. The minimum absolute atomic E-state index is 0.234. The van der Waals surface area contributed by atoms with Gasteiger partial charge in [-0.05, 0) is 24.6 Å². The van der Waals surface area contributed by atoms with E-state index in [1.165, 1.54) is 17.8 Å². The highest BCUT2D eigenvalue weighted by Crippen LogP contribution is 2.34. The first-order chi connectivity index (χ1) is 17.7. The van der Waals surface area contributed by atoms with Gasteiger partial charge in [0.2, 0.25) is 0 Å². The topological polar surface area (TPSA) is 52.8 Å². The average Bonchev–Trinajstić information content (AvgIpc) is 3.32. The van der Waals surface area contributed by atoms with Crippen molar-refractivity contribution < 1.29 is 13.5 Å². The summed E-state index contributed by atoms with van der Waals surface area (Å²) in [6.45, 7) is 1.19. The number of benzene rings is 3. The number of methoxy groups -OCH3 is 1. The van der Waals surface area contributed by atoms with Crippen LogP contribution in [0, 0.1) is 11.6 Å². The lowest BCUT2D eigenvalue weighted by molar-refractivity contribution is 0.189. The molecular weight excluding hydrogens is 478 g/mol. The zero-order valence-electron chi connectivity index (χ0n) is 19.7. The van der Waals surface area contributed by atoms with Gasteiger partial charge in [0.15, 0.2) is 22.6 Å². The number of para-hydroxylation sites is 1. The van der Waals surface area contributed by atoms with E-state index in [0.29, 0.717) is 24.1 Å². The van der Waals surface area contributed by atoms with Crippen molar-refractivity contribution in [3.8, 4) is 22.6 Å². The van der Waals surface area contributed by atoms with E-state index in [4.69, 9.17) is 9.72 Å². The molecule has 182 valence electrons. The van der Waals surface area contributed by atoms with Crippen LogP contribution in [0.4, 0.5) is 8.78 Å². The van der Waals surface area contributed by atoms with E-state index in [1.807, 2.05) is 65.2 Å². The fourth-order valence-electron chi connectivity index (χ4n) is 4.08. The molecule has 0 aliphatic heterocycles. The van der Waals surface area contributed by atoms with Crippen LogP contribution in [-0.4, -0.2) is 33.5 Å². The normalized spacial score (nSPS) is 11.3. The monoisotopic (exact) mass is 502 g/mol. The quantitative estimate of drug-likeness (QED) is 0.165. The first-order valence-corrected chi connectivity index (χ1v) is 12.6. The number of ether oxygens (including phenoxy) is 1. The number of hydrogen-bond donors (Lipinski definition) is 0. The molecule has 2 aromatic heterocycles. The molecule has 5 rings (SSSR count). The van der Waals surface area contributed by atoms with Crippen LogP contribution >= 0.6 is 11.8 Å². The minimum Gasteiger partial charge on any atom is -0.385 e. The summed E-state index contributed by atoms with van der Waals surface area (Å²) in [4.78, 5) is 4.88. The van der Waals surface area contributed by atoms with Gasteiger partial charge < -0.3 is 9.30 Å². The lowest BCUT2D eigenvalue weighted by Crippen LogP contribution is -2.06. The van der Waals surface area contributed by atoms with Crippen molar-refractivity contribution in [3.05, 3.63) is 96.1 Å². The van der Waals surface area contributed by atoms with Crippen molar-refractivity contribution in [3.63, 3.8) is 0 Å². The SMILES string of the molecule is COCCCn1c(SCc2cccc(F)c2F)nnc1-c1cc(-c2ccccc2)nc2ccccc12. The van der Waals surface area contributed by atoms with Crippen LogP contribution in [0.5, 0.6) is 0 Å². The summed E-state index contributed by atoms with van der Waals surface area (Å²) in [7, 11) is 1.66. The number of nitrogens with zero attached hydrogens (tertiary/aromatic N) is 4. The van der Waals surface area contributed by atoms with Crippen LogP contribution in [0.2, 0.25) is 0 Å². The third kappa shape index (κ3) is 5.01. The first-order valence-electron chi connectivity index (χ1n) is 11.6. The summed E-state index contributed by atoms with van der Waals surface area (Å²) in [5, 5.41) is 10.6. The average molecular weight is 503 g/mol. The summed E-state index contributed by atoms with van der Waals surface area (Å²) in [6, 6.07) is 24.2. The Kier molecular flexibility index (Phi) is 7.34. The van der Waals surface area contributed by atoms with Crippen LogP contribution in [0.15, 0.2) is 84.0 Å². The zero-order valence-corrected chi connectivity index (χ0v) is 20.5. The van der Waals surface area contributed by atoms with Crippen molar-refractivity contribution in [1.29, 1.82) is 0 Å². The number of rotatable bonds is 9. The highest BCUT2D eigenvalue weighted by molar-refractivity contribution is 7.98. The van der Waals surface area contributed by atoms with Gasteiger partial charge in [0.05, 0.1) is 11.2 Å². The Hall–Kier alpha value is -3.62. The van der Waals surface area contributed by atoms with Crippen molar-refractivity contribution in [2.75, 3.05) is 13.7 Å². The molecule has 0 amide bonds. The van der Waals surface area contributed by atoms with Gasteiger partial charge in [-0.1, -0.05) is 72.4 Å². The van der Waals surface area contributed by atoms with Crippen molar-refractivity contribution in [2.24, 2.45) is 0 Å². The Morgan fingerprint density at radius 3 is 2.56 bits per heavy atom. The Bertz CT molecular complexity index is 1490. The lowest BCUT2D eigenvalue weighted by atomic mass is 10.0. The van der Waals surface area contributed by atoms with E-state index in [2.05, 4.69) is 10.2 Å². The second-order valence-electron chi connectivity index (χ2n) is 8.24. The standard InChI is InChI=1S/C28H24F2N4OS/c1-35-16-8-15-34-27(32-33-28(34)36-18-20-11-7-13-23(29)26(20)30)22-17-25(19-9-3-2-4-10-19)31-24-14-6-5-12-21(22)24/h2-7,9-14,17H,8,15-16,18H2,1H3. The van der Waals surface area contributed by atoms with E-state index >= 15 is 0 Å². The maximum atomic E-state index is 14.2. The molecule has 8 heteroatoms. The molecule has 0 aliphatic rings. The number of aromatic nitrogens is 4. The van der Waals surface area contributed by atoms with Gasteiger partial charge in [-0.3, -0.25) is 0 Å². The van der Waals surface area contributed by atoms with Gasteiger partial charge in [-0.2, -0.15) is 0 Å². The maximum Gasteiger partial charge on any atom is 0.191 e. The van der Waals surface area contributed by atoms with E-state index in [0.717, 1.165) is 40.2 Å². The molecule has 0 saturated heterocycles. The van der Waals surface area contributed by atoms with E-state index in [1.54, 1.807) is 13.2 Å².